The Bertz CT molecular complexity index is 714. The van der Waals surface area contributed by atoms with E-state index in [-0.39, 0.29) is 23.0 Å². The lowest BCUT2D eigenvalue weighted by Crippen LogP contribution is -2.39. The lowest BCUT2D eigenvalue weighted by atomic mass is 10.1. The summed E-state index contributed by atoms with van der Waals surface area (Å²) in [5.74, 6) is -0.250. The van der Waals surface area contributed by atoms with E-state index in [1.54, 1.807) is 13.8 Å². The van der Waals surface area contributed by atoms with Crippen LogP contribution in [0.5, 0.6) is 0 Å². The average molecular weight is 345 g/mol. The smallest absolute Gasteiger partial charge is 0.335 e. The molecule has 1 heterocycles. The van der Waals surface area contributed by atoms with Gasteiger partial charge in [0.2, 0.25) is 10.0 Å². The highest BCUT2D eigenvalue weighted by Gasteiger charge is 2.31. The van der Waals surface area contributed by atoms with Crippen LogP contribution in [0.3, 0.4) is 0 Å². The van der Waals surface area contributed by atoms with E-state index in [1.165, 1.54) is 22.5 Å². The first-order chi connectivity index (χ1) is 10.2. The van der Waals surface area contributed by atoms with E-state index in [9.17, 15) is 17.4 Å². The molecule has 0 radical (unpaired) electrons. The number of aromatic carboxylic acids is 1. The van der Waals surface area contributed by atoms with Crippen molar-refractivity contribution in [2.24, 2.45) is 0 Å². The fourth-order valence-corrected chi connectivity index (χ4v) is 5.56. The van der Waals surface area contributed by atoms with Crippen LogP contribution in [0.25, 0.3) is 0 Å². The number of aryl methyl sites for hydroxylation is 1. The number of nitrogens with zero attached hydrogens (tertiary/aromatic N) is 1. The number of sulfonamides is 1. The van der Waals surface area contributed by atoms with Crippen LogP contribution >= 0.6 is 0 Å². The van der Waals surface area contributed by atoms with Crippen molar-refractivity contribution < 1.29 is 22.5 Å². The predicted molar refractivity (Wildman–Crippen MR) is 84.0 cm³/mol. The molecule has 1 N–H and O–H groups in total. The van der Waals surface area contributed by atoms with Gasteiger partial charge in [0.05, 0.1) is 10.5 Å². The van der Waals surface area contributed by atoms with Crippen LogP contribution in [-0.4, -0.2) is 52.1 Å². The molecule has 1 aromatic rings. The second-order valence-corrected chi connectivity index (χ2v) is 8.97. The van der Waals surface area contributed by atoms with Crippen LogP contribution in [0.4, 0.5) is 0 Å². The van der Waals surface area contributed by atoms with Gasteiger partial charge in [-0.05, 0) is 44.0 Å². The summed E-state index contributed by atoms with van der Waals surface area (Å²) in [7, 11) is -4.71. The number of carbonyl (C=O) groups is 1. The van der Waals surface area contributed by atoms with Crippen molar-refractivity contribution in [1.82, 2.24) is 4.31 Å². The summed E-state index contributed by atoms with van der Waals surface area (Å²) >= 11 is 0. The number of hydrogen-bond donors (Lipinski definition) is 1. The Morgan fingerprint density at radius 1 is 1.36 bits per heavy atom. The fraction of sp³-hybridized carbons (Fsp3) is 0.500. The number of hydrogen-bond acceptors (Lipinski definition) is 4. The lowest BCUT2D eigenvalue weighted by Gasteiger charge is -2.26. The number of rotatable bonds is 3. The van der Waals surface area contributed by atoms with Crippen molar-refractivity contribution in [3.05, 3.63) is 29.3 Å². The molecule has 1 saturated heterocycles. The Labute approximate surface area is 132 Å². The third-order valence-corrected chi connectivity index (χ3v) is 7.17. The normalized spacial score (nSPS) is 23.9. The minimum Gasteiger partial charge on any atom is -0.478 e. The molecule has 0 aliphatic carbocycles. The van der Waals surface area contributed by atoms with Crippen LogP contribution in [-0.2, 0) is 20.8 Å². The van der Waals surface area contributed by atoms with Gasteiger partial charge in [0.1, 0.15) is 0 Å². The maximum Gasteiger partial charge on any atom is 0.335 e. The third kappa shape index (κ3) is 3.39. The fourth-order valence-electron chi connectivity index (χ4n) is 2.49. The van der Waals surface area contributed by atoms with Gasteiger partial charge in [-0.2, -0.15) is 4.31 Å². The van der Waals surface area contributed by atoms with E-state index in [2.05, 4.69) is 0 Å². The Kier molecular flexibility index (Phi) is 5.03. The zero-order valence-corrected chi connectivity index (χ0v) is 14.1. The maximum absolute atomic E-state index is 12.8. The highest BCUT2D eigenvalue weighted by Crippen LogP contribution is 2.23. The van der Waals surface area contributed by atoms with Crippen LogP contribution in [0.2, 0.25) is 0 Å². The first-order valence-corrected chi connectivity index (χ1v) is 9.87. The predicted octanol–water partition coefficient (Wildman–Crippen LogP) is 1.22. The van der Waals surface area contributed by atoms with Gasteiger partial charge in [0.25, 0.3) is 0 Å². The van der Waals surface area contributed by atoms with Crippen molar-refractivity contribution in [2.45, 2.75) is 31.2 Å². The van der Waals surface area contributed by atoms with Crippen LogP contribution < -0.4 is 0 Å². The summed E-state index contributed by atoms with van der Waals surface area (Å²) in [4.78, 5) is 11.1. The molecule has 1 aliphatic rings. The van der Waals surface area contributed by atoms with Gasteiger partial charge in [-0.3, -0.25) is 4.21 Å². The van der Waals surface area contributed by atoms with Gasteiger partial charge < -0.3 is 5.11 Å². The Morgan fingerprint density at radius 3 is 2.64 bits per heavy atom. The molecule has 2 rings (SSSR count). The van der Waals surface area contributed by atoms with Crippen LogP contribution in [0.15, 0.2) is 23.1 Å². The molecule has 1 aromatic carbocycles. The van der Waals surface area contributed by atoms with Crippen molar-refractivity contribution in [3.8, 4) is 0 Å². The SMILES string of the molecule is Cc1cc(S(=O)(=O)N2CCS(=O)CCC2C)ccc1C(=O)O. The van der Waals surface area contributed by atoms with Gasteiger partial charge in [-0.15, -0.1) is 0 Å². The molecule has 6 nitrogen and oxygen atoms in total. The number of carboxylic acid groups (broad SMARTS) is 1. The average Bonchev–Trinajstić information content (AvgIpc) is 2.60. The molecule has 0 amide bonds. The third-order valence-electron chi connectivity index (χ3n) is 3.83. The Balaban J connectivity index is 2.39. The molecule has 0 aromatic heterocycles. The largest absolute Gasteiger partial charge is 0.478 e. The van der Waals surface area contributed by atoms with E-state index >= 15 is 0 Å². The zero-order chi connectivity index (χ0) is 16.5. The summed E-state index contributed by atoms with van der Waals surface area (Å²) in [5, 5.41) is 9.02. The highest BCUT2D eigenvalue weighted by molar-refractivity contribution is 7.89. The van der Waals surface area contributed by atoms with Crippen LogP contribution in [0.1, 0.15) is 29.3 Å². The molecule has 1 aliphatic heterocycles. The van der Waals surface area contributed by atoms with Crippen molar-refractivity contribution in [2.75, 3.05) is 18.1 Å². The summed E-state index contributed by atoms with van der Waals surface area (Å²) < 4.78 is 38.5. The molecule has 2 atom stereocenters. The number of benzene rings is 1. The summed E-state index contributed by atoms with van der Waals surface area (Å²) in [5.41, 5.74) is 0.489. The van der Waals surface area contributed by atoms with E-state index < -0.39 is 26.8 Å². The Hall–Kier alpha value is -1.25. The van der Waals surface area contributed by atoms with Gasteiger partial charge in [-0.25, -0.2) is 13.2 Å². The highest BCUT2D eigenvalue weighted by atomic mass is 32.2. The molecule has 2 unspecified atom stereocenters. The zero-order valence-electron chi connectivity index (χ0n) is 12.5. The molecular weight excluding hydrogens is 326 g/mol. The van der Waals surface area contributed by atoms with Gasteiger partial charge >= 0.3 is 5.97 Å². The molecule has 8 heteroatoms. The second-order valence-electron chi connectivity index (χ2n) is 5.38. The minimum atomic E-state index is -3.72. The van der Waals surface area contributed by atoms with E-state index in [1.807, 2.05) is 0 Å². The number of carboxylic acids is 1. The summed E-state index contributed by atoms with van der Waals surface area (Å²) in [6.07, 6.45) is 0.554. The lowest BCUT2D eigenvalue weighted by molar-refractivity contribution is 0.0696. The Morgan fingerprint density at radius 2 is 2.05 bits per heavy atom. The second kappa shape index (κ2) is 6.47. The maximum atomic E-state index is 12.8. The quantitative estimate of drug-likeness (QED) is 0.889. The first kappa shape index (κ1) is 17.1. The molecular formula is C14H19NO5S2. The van der Waals surface area contributed by atoms with E-state index in [0.717, 1.165) is 0 Å². The molecule has 0 bridgehead atoms. The first-order valence-electron chi connectivity index (χ1n) is 6.94. The van der Waals surface area contributed by atoms with Gasteiger partial charge in [0, 0.05) is 34.9 Å². The molecule has 122 valence electrons. The standard InChI is InChI=1S/C14H19NO5S2/c1-10-9-12(3-4-13(10)14(16)17)22(19,20)15-6-8-21(18)7-5-11(15)2/h3-4,9,11H,5-8H2,1-2H3,(H,16,17). The summed E-state index contributed by atoms with van der Waals surface area (Å²) in [6.45, 7) is 3.60. The molecule has 0 spiro atoms. The van der Waals surface area contributed by atoms with Gasteiger partial charge in [0.15, 0.2) is 0 Å². The minimum absolute atomic E-state index is 0.0783. The van der Waals surface area contributed by atoms with Crippen molar-refractivity contribution >= 4 is 26.8 Å². The van der Waals surface area contributed by atoms with Crippen LogP contribution in [0, 0.1) is 6.92 Å². The van der Waals surface area contributed by atoms with Crippen molar-refractivity contribution in [1.29, 1.82) is 0 Å². The summed E-state index contributed by atoms with van der Waals surface area (Å²) in [6, 6.07) is 3.79. The van der Waals surface area contributed by atoms with Gasteiger partial charge in [-0.1, -0.05) is 0 Å². The topological polar surface area (TPSA) is 91.8 Å². The van der Waals surface area contributed by atoms with E-state index in [4.69, 9.17) is 5.11 Å². The molecule has 1 fully saturated rings. The monoisotopic (exact) mass is 345 g/mol. The molecule has 0 saturated carbocycles. The van der Waals surface area contributed by atoms with Crippen molar-refractivity contribution in [3.63, 3.8) is 0 Å². The molecule has 22 heavy (non-hydrogen) atoms. The van der Waals surface area contributed by atoms with E-state index in [0.29, 0.717) is 23.5 Å².